The number of rotatable bonds is 3. The molecule has 4 rings (SSSR count). The molecule has 0 saturated carbocycles. The normalized spacial score (nSPS) is 11.4. The van der Waals surface area contributed by atoms with E-state index in [-0.39, 0.29) is 17.8 Å². The Kier molecular flexibility index (Phi) is 5.03. The Hall–Kier alpha value is -2.72. The molecule has 2 aromatic heterocycles. The minimum atomic E-state index is -0.0639. The SMILES string of the molecule is COc1ccc(-c2nc(C(C)(C)C)[nH]c2-c2c[nH]c3ccccc23)cc1.Cl. The molecule has 0 aliphatic rings. The Morgan fingerprint density at radius 2 is 1.67 bits per heavy atom. The van der Waals surface area contributed by atoms with Crippen LogP contribution in [0.3, 0.4) is 0 Å². The highest BCUT2D eigenvalue weighted by molar-refractivity contribution is 5.97. The van der Waals surface area contributed by atoms with Gasteiger partial charge >= 0.3 is 0 Å². The quantitative estimate of drug-likeness (QED) is 0.460. The van der Waals surface area contributed by atoms with Gasteiger partial charge in [-0.1, -0.05) is 39.0 Å². The second-order valence-electron chi connectivity index (χ2n) is 7.54. The molecule has 0 unspecified atom stereocenters. The zero-order chi connectivity index (χ0) is 18.3. The molecular weight excluding hydrogens is 358 g/mol. The lowest BCUT2D eigenvalue weighted by Gasteiger charge is -2.14. The predicted molar refractivity (Wildman–Crippen MR) is 114 cm³/mol. The molecule has 0 aliphatic carbocycles. The van der Waals surface area contributed by atoms with E-state index in [4.69, 9.17) is 9.72 Å². The molecule has 4 aromatic rings. The number of halogens is 1. The standard InChI is InChI=1S/C22H23N3O.ClH/c1-22(2,3)21-24-19(14-9-11-15(26-4)12-10-14)20(25-21)17-13-23-18-8-6-5-7-16(17)18;/h5-13,23H,1-4H3,(H,24,25);1H. The van der Waals surface area contributed by atoms with Crippen LogP contribution in [0.1, 0.15) is 26.6 Å². The maximum atomic E-state index is 5.29. The van der Waals surface area contributed by atoms with Crippen molar-refractivity contribution >= 4 is 23.3 Å². The van der Waals surface area contributed by atoms with E-state index in [0.717, 1.165) is 39.6 Å². The molecule has 0 amide bonds. The van der Waals surface area contributed by atoms with Gasteiger partial charge in [-0.3, -0.25) is 0 Å². The number of hydrogen-bond acceptors (Lipinski definition) is 2. The fourth-order valence-corrected chi connectivity index (χ4v) is 3.16. The lowest BCUT2D eigenvalue weighted by atomic mass is 9.96. The average molecular weight is 382 g/mol. The minimum Gasteiger partial charge on any atom is -0.497 e. The van der Waals surface area contributed by atoms with Crippen LogP contribution in [-0.2, 0) is 5.41 Å². The van der Waals surface area contributed by atoms with Crippen LogP contribution in [0.4, 0.5) is 0 Å². The highest BCUT2D eigenvalue weighted by atomic mass is 35.5. The van der Waals surface area contributed by atoms with Crippen molar-refractivity contribution in [3.63, 3.8) is 0 Å². The number of fused-ring (bicyclic) bond motifs is 1. The van der Waals surface area contributed by atoms with Gasteiger partial charge in [0.05, 0.1) is 18.5 Å². The predicted octanol–water partition coefficient (Wildman–Crippen LogP) is 5.95. The molecule has 4 nitrogen and oxygen atoms in total. The molecule has 27 heavy (non-hydrogen) atoms. The topological polar surface area (TPSA) is 53.7 Å². The summed E-state index contributed by atoms with van der Waals surface area (Å²) in [5.41, 5.74) is 5.26. The first-order valence-electron chi connectivity index (χ1n) is 8.79. The van der Waals surface area contributed by atoms with Gasteiger partial charge in [0.25, 0.3) is 0 Å². The van der Waals surface area contributed by atoms with Crippen molar-refractivity contribution in [2.24, 2.45) is 0 Å². The average Bonchev–Trinajstić information content (AvgIpc) is 3.25. The fraction of sp³-hybridized carbons (Fsp3) is 0.227. The number of ether oxygens (including phenoxy) is 1. The van der Waals surface area contributed by atoms with E-state index in [1.54, 1.807) is 7.11 Å². The van der Waals surface area contributed by atoms with Gasteiger partial charge < -0.3 is 14.7 Å². The molecule has 0 atom stereocenters. The number of nitrogens with zero attached hydrogens (tertiary/aromatic N) is 1. The number of aromatic amines is 2. The summed E-state index contributed by atoms with van der Waals surface area (Å²) in [6.07, 6.45) is 2.05. The van der Waals surface area contributed by atoms with Crippen molar-refractivity contribution < 1.29 is 4.74 Å². The van der Waals surface area contributed by atoms with Crippen molar-refractivity contribution in [1.82, 2.24) is 15.0 Å². The largest absolute Gasteiger partial charge is 0.497 e. The van der Waals surface area contributed by atoms with Crippen LogP contribution in [0, 0.1) is 0 Å². The summed E-state index contributed by atoms with van der Waals surface area (Å²) >= 11 is 0. The Morgan fingerprint density at radius 3 is 2.33 bits per heavy atom. The second kappa shape index (κ2) is 7.12. The van der Waals surface area contributed by atoms with E-state index in [1.807, 2.05) is 18.2 Å². The highest BCUT2D eigenvalue weighted by Gasteiger charge is 2.23. The molecule has 0 bridgehead atoms. The molecule has 140 valence electrons. The summed E-state index contributed by atoms with van der Waals surface area (Å²) in [5, 5.41) is 1.19. The molecule has 2 heterocycles. The van der Waals surface area contributed by atoms with Crippen molar-refractivity contribution in [2.75, 3.05) is 7.11 Å². The molecular formula is C22H24ClN3O. The first kappa shape index (κ1) is 19.1. The summed E-state index contributed by atoms with van der Waals surface area (Å²) < 4.78 is 5.29. The lowest BCUT2D eigenvalue weighted by Crippen LogP contribution is -2.13. The zero-order valence-electron chi connectivity index (χ0n) is 16.0. The summed E-state index contributed by atoms with van der Waals surface area (Å²) in [7, 11) is 1.68. The summed E-state index contributed by atoms with van der Waals surface area (Å²) in [6, 6.07) is 16.4. The summed E-state index contributed by atoms with van der Waals surface area (Å²) in [6.45, 7) is 6.51. The minimum absolute atomic E-state index is 0. The summed E-state index contributed by atoms with van der Waals surface area (Å²) in [5.74, 6) is 1.82. The van der Waals surface area contributed by atoms with Gasteiger partial charge in [0.15, 0.2) is 0 Å². The lowest BCUT2D eigenvalue weighted by molar-refractivity contribution is 0.415. The molecule has 0 aliphatic heterocycles. The van der Waals surface area contributed by atoms with E-state index in [1.165, 1.54) is 5.39 Å². The maximum absolute atomic E-state index is 5.29. The third kappa shape index (κ3) is 3.45. The fourth-order valence-electron chi connectivity index (χ4n) is 3.16. The van der Waals surface area contributed by atoms with E-state index in [9.17, 15) is 0 Å². The summed E-state index contributed by atoms with van der Waals surface area (Å²) in [4.78, 5) is 11.9. The molecule has 2 aromatic carbocycles. The number of benzene rings is 2. The number of methoxy groups -OCH3 is 1. The second-order valence-corrected chi connectivity index (χ2v) is 7.54. The van der Waals surface area contributed by atoms with Gasteiger partial charge in [0.1, 0.15) is 11.6 Å². The first-order chi connectivity index (χ1) is 12.5. The Morgan fingerprint density at radius 1 is 0.963 bits per heavy atom. The molecule has 0 fully saturated rings. The smallest absolute Gasteiger partial charge is 0.118 e. The van der Waals surface area contributed by atoms with E-state index in [0.29, 0.717) is 0 Å². The van der Waals surface area contributed by atoms with Crippen molar-refractivity contribution in [2.45, 2.75) is 26.2 Å². The van der Waals surface area contributed by atoms with Crippen LogP contribution in [-0.4, -0.2) is 22.1 Å². The Bertz CT molecular complexity index is 1060. The van der Waals surface area contributed by atoms with Gasteiger partial charge in [-0.2, -0.15) is 0 Å². The number of nitrogens with one attached hydrogen (secondary N) is 2. The van der Waals surface area contributed by atoms with Gasteiger partial charge in [-0.05, 0) is 30.3 Å². The van der Waals surface area contributed by atoms with Crippen molar-refractivity contribution in [3.8, 4) is 28.3 Å². The van der Waals surface area contributed by atoms with Crippen LogP contribution in [0.25, 0.3) is 33.4 Å². The monoisotopic (exact) mass is 381 g/mol. The first-order valence-corrected chi connectivity index (χ1v) is 8.79. The third-order valence-electron chi connectivity index (χ3n) is 4.64. The van der Waals surface area contributed by atoms with E-state index < -0.39 is 0 Å². The number of imidazole rings is 1. The van der Waals surface area contributed by atoms with Gasteiger partial charge in [0.2, 0.25) is 0 Å². The number of para-hydroxylation sites is 1. The molecule has 0 saturated heterocycles. The maximum Gasteiger partial charge on any atom is 0.118 e. The highest BCUT2D eigenvalue weighted by Crippen LogP contribution is 2.37. The van der Waals surface area contributed by atoms with Crippen LogP contribution in [0.15, 0.2) is 54.7 Å². The molecule has 0 radical (unpaired) electrons. The number of hydrogen-bond donors (Lipinski definition) is 2. The van der Waals surface area contributed by atoms with Crippen LogP contribution in [0.2, 0.25) is 0 Å². The van der Waals surface area contributed by atoms with Crippen molar-refractivity contribution in [3.05, 3.63) is 60.6 Å². The van der Waals surface area contributed by atoms with E-state index >= 15 is 0 Å². The van der Waals surface area contributed by atoms with Crippen LogP contribution >= 0.6 is 12.4 Å². The Labute approximate surface area is 165 Å². The number of aromatic nitrogens is 3. The third-order valence-corrected chi connectivity index (χ3v) is 4.64. The van der Waals surface area contributed by atoms with Gasteiger partial charge in [0, 0.05) is 33.6 Å². The number of H-pyrrole nitrogens is 2. The van der Waals surface area contributed by atoms with Crippen LogP contribution in [0.5, 0.6) is 5.75 Å². The van der Waals surface area contributed by atoms with Crippen molar-refractivity contribution in [1.29, 1.82) is 0 Å². The van der Waals surface area contributed by atoms with Gasteiger partial charge in [-0.15, -0.1) is 12.4 Å². The zero-order valence-corrected chi connectivity index (χ0v) is 16.8. The molecule has 5 heteroatoms. The van der Waals surface area contributed by atoms with E-state index in [2.05, 4.69) is 67.3 Å². The molecule has 2 N–H and O–H groups in total. The Balaban J connectivity index is 0.00000210. The van der Waals surface area contributed by atoms with Gasteiger partial charge in [-0.25, -0.2) is 4.98 Å². The molecule has 0 spiro atoms. The van der Waals surface area contributed by atoms with Crippen LogP contribution < -0.4 is 4.74 Å².